The van der Waals surface area contributed by atoms with Gasteiger partial charge < -0.3 is 20.5 Å². The highest BCUT2D eigenvalue weighted by atomic mass is 16.5. The molecule has 0 fully saturated rings. The minimum atomic E-state index is 0.612. The molecule has 2 heterocycles. The smallest absolute Gasteiger partial charge is 0.119 e. The molecule has 0 amide bonds. The third-order valence-corrected chi connectivity index (χ3v) is 5.65. The first-order valence-corrected chi connectivity index (χ1v) is 11.2. The summed E-state index contributed by atoms with van der Waals surface area (Å²) in [6.45, 7) is 4.63. The number of nitrogens with one attached hydrogen (secondary N) is 1. The SMILES string of the molecule is COc1ccc2nc(CNCCN(CCN)Cc3ccc4cc(OC)ccc4n3)ccc2c1. The van der Waals surface area contributed by atoms with Crippen LogP contribution < -0.4 is 20.5 Å². The lowest BCUT2D eigenvalue weighted by Crippen LogP contribution is -2.35. The van der Waals surface area contributed by atoms with E-state index >= 15 is 0 Å². The molecule has 2 aromatic carbocycles. The number of methoxy groups -OCH3 is 2. The normalized spacial score (nSPS) is 11.4. The van der Waals surface area contributed by atoms with Gasteiger partial charge in [0.1, 0.15) is 11.5 Å². The molecule has 7 nitrogen and oxygen atoms in total. The fraction of sp³-hybridized carbons (Fsp3) is 0.308. The molecule has 2 aromatic heterocycles. The number of benzene rings is 2. The molecule has 0 aliphatic rings. The van der Waals surface area contributed by atoms with Crippen LogP contribution in [0, 0.1) is 0 Å². The van der Waals surface area contributed by atoms with Crippen molar-refractivity contribution in [2.45, 2.75) is 13.1 Å². The zero-order valence-electron chi connectivity index (χ0n) is 19.3. The number of nitrogens with two attached hydrogens (primary N) is 1. The molecular formula is C26H31N5O2. The van der Waals surface area contributed by atoms with E-state index in [1.807, 2.05) is 36.4 Å². The Morgan fingerprint density at radius 3 is 2.00 bits per heavy atom. The monoisotopic (exact) mass is 445 g/mol. The molecule has 0 bridgehead atoms. The van der Waals surface area contributed by atoms with Crippen molar-refractivity contribution in [2.75, 3.05) is 40.4 Å². The largest absolute Gasteiger partial charge is 0.497 e. The standard InChI is InChI=1S/C26H31N5O2/c1-32-23-7-9-25-19(15-23)3-5-21(29-25)17-28-12-14-31(13-11-27)18-22-6-4-20-16-24(33-2)8-10-26(20)30-22/h3-10,15-16,28H,11-14,17-18,27H2,1-2H3. The van der Waals surface area contributed by atoms with Crippen molar-refractivity contribution >= 4 is 21.8 Å². The molecule has 0 aliphatic carbocycles. The summed E-state index contributed by atoms with van der Waals surface area (Å²) in [6.07, 6.45) is 0. The Balaban J connectivity index is 1.32. The summed E-state index contributed by atoms with van der Waals surface area (Å²) in [5.41, 5.74) is 9.86. The molecule has 0 radical (unpaired) electrons. The molecule has 172 valence electrons. The fourth-order valence-corrected chi connectivity index (χ4v) is 3.87. The van der Waals surface area contributed by atoms with Gasteiger partial charge in [0.2, 0.25) is 0 Å². The Bertz CT molecular complexity index is 1210. The van der Waals surface area contributed by atoms with E-state index in [2.05, 4.69) is 34.5 Å². The molecule has 4 rings (SSSR count). The third kappa shape index (κ3) is 5.96. The molecule has 0 aliphatic heterocycles. The molecule has 0 atom stereocenters. The van der Waals surface area contributed by atoms with Gasteiger partial charge in [-0.1, -0.05) is 12.1 Å². The fourth-order valence-electron chi connectivity index (χ4n) is 3.87. The van der Waals surface area contributed by atoms with E-state index in [1.54, 1.807) is 14.2 Å². The van der Waals surface area contributed by atoms with Gasteiger partial charge >= 0.3 is 0 Å². The van der Waals surface area contributed by atoms with Crippen molar-refractivity contribution in [1.82, 2.24) is 20.2 Å². The minimum absolute atomic E-state index is 0.612. The van der Waals surface area contributed by atoms with E-state index < -0.39 is 0 Å². The average molecular weight is 446 g/mol. The highest BCUT2D eigenvalue weighted by Crippen LogP contribution is 2.21. The van der Waals surface area contributed by atoms with Crippen LogP contribution in [0.2, 0.25) is 0 Å². The lowest BCUT2D eigenvalue weighted by atomic mass is 10.2. The van der Waals surface area contributed by atoms with Crippen LogP contribution in [0.1, 0.15) is 11.4 Å². The Kier molecular flexibility index (Phi) is 7.67. The maximum Gasteiger partial charge on any atom is 0.119 e. The second-order valence-electron chi connectivity index (χ2n) is 7.96. The highest BCUT2D eigenvalue weighted by Gasteiger charge is 2.08. The molecule has 4 aromatic rings. The Hall–Kier alpha value is -3.26. The van der Waals surface area contributed by atoms with E-state index in [-0.39, 0.29) is 0 Å². The Morgan fingerprint density at radius 2 is 1.39 bits per heavy atom. The molecule has 0 saturated heterocycles. The van der Waals surface area contributed by atoms with Gasteiger partial charge in [0.05, 0.1) is 36.6 Å². The van der Waals surface area contributed by atoms with Crippen LogP contribution in [0.5, 0.6) is 11.5 Å². The highest BCUT2D eigenvalue weighted by molar-refractivity contribution is 5.81. The summed E-state index contributed by atoms with van der Waals surface area (Å²) in [5.74, 6) is 1.68. The van der Waals surface area contributed by atoms with Crippen LogP contribution >= 0.6 is 0 Å². The maximum atomic E-state index is 5.86. The van der Waals surface area contributed by atoms with Crippen molar-refractivity contribution < 1.29 is 9.47 Å². The second kappa shape index (κ2) is 11.0. The first-order chi connectivity index (χ1) is 16.2. The van der Waals surface area contributed by atoms with Crippen molar-refractivity contribution in [1.29, 1.82) is 0 Å². The van der Waals surface area contributed by atoms with Gasteiger partial charge in [-0.25, -0.2) is 0 Å². The number of fused-ring (bicyclic) bond motifs is 2. The first-order valence-electron chi connectivity index (χ1n) is 11.2. The van der Waals surface area contributed by atoms with Gasteiger partial charge in [-0.3, -0.25) is 14.9 Å². The van der Waals surface area contributed by atoms with Crippen molar-refractivity contribution in [3.05, 3.63) is 72.1 Å². The van der Waals surface area contributed by atoms with E-state index in [4.69, 9.17) is 25.2 Å². The van der Waals surface area contributed by atoms with Crippen LogP contribution in [0.25, 0.3) is 21.8 Å². The number of hydrogen-bond acceptors (Lipinski definition) is 7. The number of nitrogens with zero attached hydrogens (tertiary/aromatic N) is 3. The van der Waals surface area contributed by atoms with Crippen LogP contribution in [0.4, 0.5) is 0 Å². The van der Waals surface area contributed by atoms with Gasteiger partial charge in [0.15, 0.2) is 0 Å². The summed E-state index contributed by atoms with van der Waals surface area (Å²) >= 11 is 0. The lowest BCUT2D eigenvalue weighted by Gasteiger charge is -2.21. The lowest BCUT2D eigenvalue weighted by molar-refractivity contribution is 0.269. The zero-order valence-corrected chi connectivity index (χ0v) is 19.3. The molecule has 3 N–H and O–H groups in total. The van der Waals surface area contributed by atoms with Crippen molar-refractivity contribution in [3.63, 3.8) is 0 Å². The van der Waals surface area contributed by atoms with Gasteiger partial charge in [-0.15, -0.1) is 0 Å². The summed E-state index contributed by atoms with van der Waals surface area (Å²) in [5, 5.41) is 5.65. The summed E-state index contributed by atoms with van der Waals surface area (Å²) in [6, 6.07) is 20.2. The zero-order chi connectivity index (χ0) is 23.0. The van der Waals surface area contributed by atoms with E-state index in [9.17, 15) is 0 Å². The van der Waals surface area contributed by atoms with Crippen LogP contribution in [-0.4, -0.2) is 55.3 Å². The van der Waals surface area contributed by atoms with E-state index in [0.29, 0.717) is 13.1 Å². The average Bonchev–Trinajstić information content (AvgIpc) is 2.85. The number of rotatable bonds is 11. The summed E-state index contributed by atoms with van der Waals surface area (Å²) < 4.78 is 10.6. The number of pyridine rings is 2. The third-order valence-electron chi connectivity index (χ3n) is 5.65. The molecule has 0 unspecified atom stereocenters. The molecule has 7 heteroatoms. The maximum absolute atomic E-state index is 5.86. The minimum Gasteiger partial charge on any atom is -0.497 e. The predicted octanol–water partition coefficient (Wildman–Crippen LogP) is 3.35. The van der Waals surface area contributed by atoms with Crippen molar-refractivity contribution in [2.24, 2.45) is 5.73 Å². The van der Waals surface area contributed by atoms with Gasteiger partial charge in [0.25, 0.3) is 0 Å². The molecule has 0 spiro atoms. The quantitative estimate of drug-likeness (QED) is 0.343. The van der Waals surface area contributed by atoms with E-state index in [0.717, 1.165) is 70.9 Å². The van der Waals surface area contributed by atoms with Crippen LogP contribution in [0.3, 0.4) is 0 Å². The van der Waals surface area contributed by atoms with E-state index in [1.165, 1.54) is 0 Å². The Morgan fingerprint density at radius 1 is 0.788 bits per heavy atom. The van der Waals surface area contributed by atoms with Gasteiger partial charge in [-0.2, -0.15) is 0 Å². The van der Waals surface area contributed by atoms with Crippen LogP contribution in [-0.2, 0) is 13.1 Å². The Labute approximate surface area is 194 Å². The second-order valence-corrected chi connectivity index (χ2v) is 7.96. The van der Waals surface area contributed by atoms with Gasteiger partial charge in [0, 0.05) is 50.0 Å². The summed E-state index contributed by atoms with van der Waals surface area (Å²) in [4.78, 5) is 11.9. The molecule has 0 saturated carbocycles. The van der Waals surface area contributed by atoms with Crippen molar-refractivity contribution in [3.8, 4) is 11.5 Å². The first kappa shape index (κ1) is 22.9. The number of hydrogen-bond donors (Lipinski definition) is 2. The topological polar surface area (TPSA) is 85.5 Å². The predicted molar refractivity (Wildman–Crippen MR) is 133 cm³/mol. The number of aromatic nitrogens is 2. The number of ether oxygens (including phenoxy) is 2. The van der Waals surface area contributed by atoms with Crippen LogP contribution in [0.15, 0.2) is 60.7 Å². The molecular weight excluding hydrogens is 414 g/mol. The molecule has 33 heavy (non-hydrogen) atoms. The van der Waals surface area contributed by atoms with Gasteiger partial charge in [-0.05, 0) is 48.5 Å². The summed E-state index contributed by atoms with van der Waals surface area (Å²) in [7, 11) is 3.35.